The molecule has 0 aliphatic rings. The minimum atomic E-state index is -0.613. The van der Waals surface area contributed by atoms with Crippen molar-refractivity contribution in [2.45, 2.75) is 39.2 Å². The number of methoxy groups -OCH3 is 1. The number of hydrogen-bond acceptors (Lipinski definition) is 4. The van der Waals surface area contributed by atoms with Crippen molar-refractivity contribution in [2.24, 2.45) is 0 Å². The number of carbonyl (C=O) groups excluding carboxylic acids is 2. The number of likely N-dealkylation sites (N-methyl/N-ethyl adjacent to an activating group) is 1. The quantitative estimate of drug-likeness (QED) is 0.851. The molecular weight excluding hydrogens is 320 g/mol. The number of nitrogens with zero attached hydrogens (tertiary/aromatic N) is 2. The maximum absolute atomic E-state index is 12.6. The van der Waals surface area contributed by atoms with Crippen LogP contribution in [0.3, 0.4) is 0 Å². The van der Waals surface area contributed by atoms with Gasteiger partial charge in [0.1, 0.15) is 11.4 Å². The van der Waals surface area contributed by atoms with Crippen LogP contribution in [0.2, 0.25) is 0 Å². The predicted molar refractivity (Wildman–Crippen MR) is 97.2 cm³/mol. The number of fused-ring (bicyclic) bond motifs is 1. The zero-order chi connectivity index (χ0) is 18.9. The fourth-order valence-corrected chi connectivity index (χ4v) is 2.76. The molecule has 0 aliphatic heterocycles. The van der Waals surface area contributed by atoms with Gasteiger partial charge in [-0.05, 0) is 45.4 Å². The molecule has 136 valence electrons. The summed E-state index contributed by atoms with van der Waals surface area (Å²) in [7, 11) is 4.99. The molecule has 0 spiro atoms. The van der Waals surface area contributed by atoms with E-state index in [0.29, 0.717) is 11.3 Å². The molecule has 0 N–H and O–H groups in total. The Hall–Kier alpha value is -2.50. The van der Waals surface area contributed by atoms with Gasteiger partial charge in [0.25, 0.3) is 0 Å². The van der Waals surface area contributed by atoms with E-state index in [1.54, 1.807) is 27.4 Å². The van der Waals surface area contributed by atoms with E-state index >= 15 is 0 Å². The molecule has 0 saturated heterocycles. The molecule has 0 fully saturated rings. The summed E-state index contributed by atoms with van der Waals surface area (Å²) in [4.78, 5) is 26.6. The van der Waals surface area contributed by atoms with Crippen LogP contribution in [0.15, 0.2) is 24.4 Å². The zero-order valence-corrected chi connectivity index (χ0v) is 15.9. The Kier molecular flexibility index (Phi) is 5.11. The van der Waals surface area contributed by atoms with E-state index in [0.717, 1.165) is 10.9 Å². The van der Waals surface area contributed by atoms with Crippen LogP contribution in [-0.4, -0.2) is 48.3 Å². The number of amides is 1. The van der Waals surface area contributed by atoms with E-state index in [1.165, 1.54) is 9.47 Å². The van der Waals surface area contributed by atoms with Crippen molar-refractivity contribution >= 4 is 22.9 Å². The second-order valence-electron chi connectivity index (χ2n) is 7.24. The molecule has 6 nitrogen and oxygen atoms in total. The maximum atomic E-state index is 12.6. The lowest BCUT2D eigenvalue weighted by Crippen LogP contribution is -2.27. The third-order valence-corrected chi connectivity index (χ3v) is 3.91. The zero-order valence-electron chi connectivity index (χ0n) is 15.9. The lowest BCUT2D eigenvalue weighted by molar-refractivity contribution is -0.129. The molecule has 1 unspecified atom stereocenters. The summed E-state index contributed by atoms with van der Waals surface area (Å²) < 4.78 is 12.4. The van der Waals surface area contributed by atoms with Crippen LogP contribution in [0.5, 0.6) is 5.75 Å². The Morgan fingerprint density at radius 2 is 1.84 bits per heavy atom. The van der Waals surface area contributed by atoms with Crippen LogP contribution in [0.1, 0.15) is 39.2 Å². The minimum Gasteiger partial charge on any atom is -0.496 e. The van der Waals surface area contributed by atoms with Gasteiger partial charge in [0.2, 0.25) is 5.91 Å². The van der Waals surface area contributed by atoms with Crippen molar-refractivity contribution in [3.63, 3.8) is 0 Å². The molecule has 1 aromatic carbocycles. The van der Waals surface area contributed by atoms with Gasteiger partial charge < -0.3 is 14.4 Å². The highest BCUT2D eigenvalue weighted by atomic mass is 16.6. The number of hydrogen-bond donors (Lipinski definition) is 0. The summed E-state index contributed by atoms with van der Waals surface area (Å²) in [6.07, 6.45) is 1.19. The highest BCUT2D eigenvalue weighted by Crippen LogP contribution is 2.35. The molecule has 1 aromatic heterocycles. The lowest BCUT2D eigenvalue weighted by atomic mass is 9.99. The van der Waals surface area contributed by atoms with Crippen LogP contribution in [0, 0.1) is 0 Å². The number of aromatic nitrogens is 1. The second kappa shape index (κ2) is 6.78. The van der Waals surface area contributed by atoms with Crippen LogP contribution >= 0.6 is 0 Å². The van der Waals surface area contributed by atoms with Crippen LogP contribution in [-0.2, 0) is 9.53 Å². The van der Waals surface area contributed by atoms with E-state index in [-0.39, 0.29) is 5.91 Å². The van der Waals surface area contributed by atoms with Crippen molar-refractivity contribution in [1.29, 1.82) is 0 Å². The molecule has 1 amide bonds. The van der Waals surface area contributed by atoms with Crippen molar-refractivity contribution in [3.8, 4) is 5.75 Å². The normalized spacial score (nSPS) is 12.8. The molecular formula is C19H26N2O4. The summed E-state index contributed by atoms with van der Waals surface area (Å²) in [5.41, 5.74) is 0.775. The average molecular weight is 346 g/mol. The number of benzene rings is 1. The van der Waals surface area contributed by atoms with E-state index in [1.807, 2.05) is 45.9 Å². The van der Waals surface area contributed by atoms with Gasteiger partial charge in [0, 0.05) is 25.7 Å². The Morgan fingerprint density at radius 3 is 2.36 bits per heavy atom. The lowest BCUT2D eigenvalue weighted by Gasteiger charge is -2.19. The van der Waals surface area contributed by atoms with E-state index in [4.69, 9.17) is 9.47 Å². The van der Waals surface area contributed by atoms with Crippen LogP contribution < -0.4 is 4.74 Å². The van der Waals surface area contributed by atoms with Gasteiger partial charge in [-0.25, -0.2) is 4.79 Å². The van der Waals surface area contributed by atoms with Gasteiger partial charge in [0.15, 0.2) is 0 Å². The van der Waals surface area contributed by atoms with Gasteiger partial charge in [-0.1, -0.05) is 6.07 Å². The fourth-order valence-electron chi connectivity index (χ4n) is 2.76. The average Bonchev–Trinajstić information content (AvgIpc) is 2.91. The molecule has 2 rings (SSSR count). The van der Waals surface area contributed by atoms with Gasteiger partial charge >= 0.3 is 6.09 Å². The number of carbonyl (C=O) groups is 2. The maximum Gasteiger partial charge on any atom is 0.419 e. The minimum absolute atomic E-state index is 0.0471. The first-order valence-electron chi connectivity index (χ1n) is 8.19. The Balaban J connectivity index is 2.66. The molecule has 25 heavy (non-hydrogen) atoms. The SMILES string of the molecule is COc1cccc2c1c(C(C)C(=O)N(C)C)cn2C(=O)OC(C)(C)C. The smallest absolute Gasteiger partial charge is 0.419 e. The molecule has 0 saturated carbocycles. The molecule has 0 aliphatic carbocycles. The van der Waals surface area contributed by atoms with E-state index in [2.05, 4.69) is 0 Å². The van der Waals surface area contributed by atoms with Crippen molar-refractivity contribution in [3.05, 3.63) is 30.0 Å². The third kappa shape index (κ3) is 3.78. The monoisotopic (exact) mass is 346 g/mol. The van der Waals surface area contributed by atoms with Crippen LogP contribution in [0.4, 0.5) is 4.79 Å². The predicted octanol–water partition coefficient (Wildman–Crippen LogP) is 3.62. The molecule has 0 radical (unpaired) electrons. The van der Waals surface area contributed by atoms with Gasteiger partial charge in [0.05, 0.1) is 18.5 Å². The Bertz CT molecular complexity index is 800. The molecule has 1 atom stereocenters. The Labute approximate surface area is 148 Å². The summed E-state index contributed by atoms with van der Waals surface area (Å²) in [5.74, 6) is 0.153. The van der Waals surface area contributed by atoms with Crippen molar-refractivity contribution in [2.75, 3.05) is 21.2 Å². The van der Waals surface area contributed by atoms with Gasteiger partial charge in [-0.15, -0.1) is 0 Å². The number of rotatable bonds is 3. The van der Waals surface area contributed by atoms with Crippen molar-refractivity contribution in [1.82, 2.24) is 9.47 Å². The second-order valence-corrected chi connectivity index (χ2v) is 7.24. The summed E-state index contributed by atoms with van der Waals surface area (Å²) in [6.45, 7) is 7.27. The summed E-state index contributed by atoms with van der Waals surface area (Å²) in [5, 5.41) is 0.749. The summed E-state index contributed by atoms with van der Waals surface area (Å²) >= 11 is 0. The third-order valence-electron chi connectivity index (χ3n) is 3.91. The molecule has 2 aromatic rings. The first kappa shape index (κ1) is 18.8. The molecule has 1 heterocycles. The molecule has 0 bridgehead atoms. The highest BCUT2D eigenvalue weighted by Gasteiger charge is 2.27. The largest absolute Gasteiger partial charge is 0.496 e. The standard InChI is InChI=1S/C19H26N2O4/c1-12(17(22)20(5)6)13-11-21(18(23)25-19(2,3)4)14-9-8-10-15(24-7)16(13)14/h8-12H,1-7H3. The highest BCUT2D eigenvalue weighted by molar-refractivity contribution is 5.99. The molecule has 6 heteroatoms. The summed E-state index contributed by atoms with van der Waals surface area (Å²) in [6, 6.07) is 5.44. The van der Waals surface area contributed by atoms with Gasteiger partial charge in [-0.2, -0.15) is 0 Å². The van der Waals surface area contributed by atoms with E-state index in [9.17, 15) is 9.59 Å². The fraction of sp³-hybridized carbons (Fsp3) is 0.474. The number of ether oxygens (including phenoxy) is 2. The first-order valence-corrected chi connectivity index (χ1v) is 8.19. The first-order chi connectivity index (χ1) is 11.6. The van der Waals surface area contributed by atoms with Crippen molar-refractivity contribution < 1.29 is 19.1 Å². The van der Waals surface area contributed by atoms with Crippen LogP contribution in [0.25, 0.3) is 10.9 Å². The van der Waals surface area contributed by atoms with E-state index < -0.39 is 17.6 Å². The van der Waals surface area contributed by atoms with Gasteiger partial charge in [-0.3, -0.25) is 9.36 Å². The Morgan fingerprint density at radius 1 is 1.20 bits per heavy atom. The topological polar surface area (TPSA) is 60.8 Å².